The molecule has 5 nitrogen and oxygen atoms in total. The maximum absolute atomic E-state index is 11.8. The summed E-state index contributed by atoms with van der Waals surface area (Å²) >= 11 is 0. The van der Waals surface area contributed by atoms with Gasteiger partial charge in [-0.25, -0.2) is 0 Å². The number of rotatable bonds is 7. The average molecular weight is 264 g/mol. The number of aliphatic carboxylic acids is 1. The summed E-state index contributed by atoms with van der Waals surface area (Å²) in [6.45, 7) is 3.75. The summed E-state index contributed by atoms with van der Waals surface area (Å²) in [5.74, 6) is -1.13. The molecule has 2 N–H and O–H groups in total. The first-order valence-electron chi connectivity index (χ1n) is 6.34. The highest BCUT2D eigenvalue weighted by Crippen LogP contribution is 2.12. The van der Waals surface area contributed by atoms with E-state index in [2.05, 4.69) is 5.32 Å². The second-order valence-electron chi connectivity index (χ2n) is 4.46. The molecule has 0 saturated heterocycles. The summed E-state index contributed by atoms with van der Waals surface area (Å²) in [4.78, 5) is 24.2. The van der Waals surface area contributed by atoms with Crippen LogP contribution in [0.2, 0.25) is 0 Å². The Balaban J connectivity index is 2.70. The summed E-state index contributed by atoms with van der Waals surface area (Å²) in [5.41, 5.74) is 0.726. The van der Waals surface area contributed by atoms with Crippen molar-refractivity contribution >= 4 is 17.6 Å². The van der Waals surface area contributed by atoms with Gasteiger partial charge in [0, 0.05) is 11.7 Å². The number of amides is 1. The van der Waals surface area contributed by atoms with E-state index in [1.165, 1.54) is 0 Å². The quantitative estimate of drug-likeness (QED) is 0.783. The molecule has 0 heterocycles. The van der Waals surface area contributed by atoms with Crippen LogP contribution >= 0.6 is 0 Å². The van der Waals surface area contributed by atoms with Gasteiger partial charge in [-0.05, 0) is 25.5 Å². The molecule has 1 aromatic rings. The van der Waals surface area contributed by atoms with Crippen molar-refractivity contribution in [3.05, 3.63) is 30.3 Å². The lowest BCUT2D eigenvalue weighted by molar-refractivity contribution is -0.135. The Labute approximate surface area is 113 Å². The highest BCUT2D eigenvalue weighted by atomic mass is 16.4. The molecule has 0 saturated carbocycles. The molecular formula is C14H20N2O3. The van der Waals surface area contributed by atoms with Crippen LogP contribution in [0.15, 0.2) is 30.3 Å². The molecule has 5 heteroatoms. The molecule has 1 rings (SSSR count). The van der Waals surface area contributed by atoms with Crippen LogP contribution in [0.1, 0.15) is 20.3 Å². The molecule has 1 aromatic carbocycles. The smallest absolute Gasteiger partial charge is 0.323 e. The first-order valence-corrected chi connectivity index (χ1v) is 6.34. The van der Waals surface area contributed by atoms with Crippen LogP contribution in [-0.4, -0.2) is 36.1 Å². The number of carbonyl (C=O) groups is 2. The summed E-state index contributed by atoms with van der Waals surface area (Å²) in [6.07, 6.45) is 0.843. The maximum atomic E-state index is 11.8. The fraction of sp³-hybridized carbons (Fsp3) is 0.429. The minimum atomic E-state index is -0.958. The van der Waals surface area contributed by atoms with Crippen LogP contribution < -0.4 is 10.2 Å². The van der Waals surface area contributed by atoms with E-state index in [9.17, 15) is 9.59 Å². The number of carboxylic acids is 1. The van der Waals surface area contributed by atoms with Crippen LogP contribution in [0.25, 0.3) is 0 Å². The second-order valence-corrected chi connectivity index (χ2v) is 4.46. The van der Waals surface area contributed by atoms with E-state index >= 15 is 0 Å². The summed E-state index contributed by atoms with van der Waals surface area (Å²) in [6, 6.07) is 9.16. The number of carbonyl (C=O) groups excluding carboxylic acids is 1. The van der Waals surface area contributed by atoms with Crippen LogP contribution in [0.4, 0.5) is 5.69 Å². The fourth-order valence-electron chi connectivity index (χ4n) is 1.64. The van der Waals surface area contributed by atoms with E-state index in [-0.39, 0.29) is 25.0 Å². The molecule has 0 aliphatic rings. The number of hydrogen-bond donors (Lipinski definition) is 2. The van der Waals surface area contributed by atoms with Crippen molar-refractivity contribution in [1.29, 1.82) is 0 Å². The monoisotopic (exact) mass is 264 g/mol. The Kier molecular flexibility index (Phi) is 5.85. The van der Waals surface area contributed by atoms with Gasteiger partial charge in [0.1, 0.15) is 6.54 Å². The molecule has 0 fully saturated rings. The predicted octanol–water partition coefficient (Wildman–Crippen LogP) is 1.49. The fourth-order valence-corrected chi connectivity index (χ4v) is 1.64. The maximum Gasteiger partial charge on any atom is 0.323 e. The van der Waals surface area contributed by atoms with E-state index in [1.54, 1.807) is 17.0 Å². The van der Waals surface area contributed by atoms with Crippen LogP contribution in [0, 0.1) is 0 Å². The standard InChI is InChI=1S/C14H20N2O3/c1-3-11(2)15-13(17)9-16(10-14(18)19)12-7-5-4-6-8-12/h4-8,11H,3,9-10H2,1-2H3,(H,15,17)(H,18,19). The Morgan fingerprint density at radius 3 is 2.42 bits per heavy atom. The second kappa shape index (κ2) is 7.41. The first-order chi connectivity index (χ1) is 9.02. The minimum absolute atomic E-state index is 0.0423. The zero-order valence-corrected chi connectivity index (χ0v) is 11.3. The van der Waals surface area contributed by atoms with E-state index in [4.69, 9.17) is 5.11 Å². The van der Waals surface area contributed by atoms with Crippen LogP contribution in [0.3, 0.4) is 0 Å². The molecule has 0 aromatic heterocycles. The molecule has 0 aliphatic heterocycles. The largest absolute Gasteiger partial charge is 0.480 e. The average Bonchev–Trinajstić information content (AvgIpc) is 2.38. The van der Waals surface area contributed by atoms with Crippen molar-refractivity contribution < 1.29 is 14.7 Å². The van der Waals surface area contributed by atoms with Crippen molar-refractivity contribution in [2.75, 3.05) is 18.0 Å². The zero-order chi connectivity index (χ0) is 14.3. The molecule has 0 radical (unpaired) electrons. The molecule has 0 spiro atoms. The molecule has 1 unspecified atom stereocenters. The number of nitrogens with zero attached hydrogens (tertiary/aromatic N) is 1. The third-order valence-electron chi connectivity index (χ3n) is 2.80. The Morgan fingerprint density at radius 1 is 1.26 bits per heavy atom. The van der Waals surface area contributed by atoms with Gasteiger partial charge in [-0.3, -0.25) is 9.59 Å². The lowest BCUT2D eigenvalue weighted by atomic mass is 10.2. The van der Waals surface area contributed by atoms with Gasteiger partial charge >= 0.3 is 5.97 Å². The molecule has 0 aliphatic carbocycles. The van der Waals surface area contributed by atoms with Crippen LogP contribution in [-0.2, 0) is 9.59 Å². The lowest BCUT2D eigenvalue weighted by Gasteiger charge is -2.23. The van der Waals surface area contributed by atoms with Gasteiger partial charge in [-0.1, -0.05) is 25.1 Å². The van der Waals surface area contributed by atoms with Gasteiger partial charge in [0.25, 0.3) is 0 Å². The molecular weight excluding hydrogens is 244 g/mol. The molecule has 19 heavy (non-hydrogen) atoms. The van der Waals surface area contributed by atoms with Gasteiger partial charge in [0.2, 0.25) is 5.91 Å². The number of nitrogens with one attached hydrogen (secondary N) is 1. The van der Waals surface area contributed by atoms with Gasteiger partial charge < -0.3 is 15.3 Å². The number of carboxylic acid groups (broad SMARTS) is 1. The summed E-state index contributed by atoms with van der Waals surface area (Å²) < 4.78 is 0. The lowest BCUT2D eigenvalue weighted by Crippen LogP contribution is -2.42. The molecule has 1 amide bonds. The number of anilines is 1. The minimum Gasteiger partial charge on any atom is -0.480 e. The number of para-hydroxylation sites is 1. The van der Waals surface area contributed by atoms with Gasteiger partial charge in [-0.15, -0.1) is 0 Å². The highest BCUT2D eigenvalue weighted by molar-refractivity contribution is 5.84. The van der Waals surface area contributed by atoms with Crippen molar-refractivity contribution in [1.82, 2.24) is 5.32 Å². The normalized spacial score (nSPS) is 11.7. The van der Waals surface area contributed by atoms with Gasteiger partial charge in [-0.2, -0.15) is 0 Å². The topological polar surface area (TPSA) is 69.6 Å². The van der Waals surface area contributed by atoms with E-state index in [0.717, 1.165) is 12.1 Å². The van der Waals surface area contributed by atoms with Crippen molar-refractivity contribution in [3.63, 3.8) is 0 Å². The summed E-state index contributed by atoms with van der Waals surface area (Å²) in [7, 11) is 0. The van der Waals surface area contributed by atoms with Crippen molar-refractivity contribution in [3.8, 4) is 0 Å². The molecule has 0 bridgehead atoms. The Hall–Kier alpha value is -2.04. The molecule has 104 valence electrons. The predicted molar refractivity (Wildman–Crippen MR) is 74.2 cm³/mol. The van der Waals surface area contributed by atoms with Gasteiger partial charge in [0.15, 0.2) is 0 Å². The van der Waals surface area contributed by atoms with E-state index in [1.807, 2.05) is 32.0 Å². The highest BCUT2D eigenvalue weighted by Gasteiger charge is 2.15. The first kappa shape index (κ1) is 15.0. The summed E-state index contributed by atoms with van der Waals surface area (Å²) in [5, 5.41) is 11.7. The third-order valence-corrected chi connectivity index (χ3v) is 2.80. The van der Waals surface area contributed by atoms with E-state index < -0.39 is 5.97 Å². The number of hydrogen-bond acceptors (Lipinski definition) is 3. The van der Waals surface area contributed by atoms with Gasteiger partial charge in [0.05, 0.1) is 6.54 Å². The van der Waals surface area contributed by atoms with Crippen LogP contribution in [0.5, 0.6) is 0 Å². The Bertz CT molecular complexity index is 420. The SMILES string of the molecule is CCC(C)NC(=O)CN(CC(=O)O)c1ccccc1. The zero-order valence-electron chi connectivity index (χ0n) is 11.3. The Morgan fingerprint density at radius 2 is 1.89 bits per heavy atom. The number of benzene rings is 1. The van der Waals surface area contributed by atoms with Crippen molar-refractivity contribution in [2.45, 2.75) is 26.3 Å². The van der Waals surface area contributed by atoms with Crippen molar-refractivity contribution in [2.24, 2.45) is 0 Å². The molecule has 1 atom stereocenters. The third kappa shape index (κ3) is 5.42. The van der Waals surface area contributed by atoms with E-state index in [0.29, 0.717) is 0 Å².